The predicted octanol–water partition coefficient (Wildman–Crippen LogP) is 1.52. The first-order valence-electron chi connectivity index (χ1n) is 13.4. The van der Waals surface area contributed by atoms with Crippen LogP contribution in [-0.4, -0.2) is 103 Å². The zero-order valence-corrected chi connectivity index (χ0v) is 24.7. The summed E-state index contributed by atoms with van der Waals surface area (Å²) in [7, 11) is -1.52. The molecule has 4 heterocycles. The Labute approximate surface area is 235 Å². The van der Waals surface area contributed by atoms with Gasteiger partial charge in [0.25, 0.3) is 0 Å². The summed E-state index contributed by atoms with van der Waals surface area (Å²) in [6.45, 7) is 16.5. The molecule has 0 atom stereocenters. The van der Waals surface area contributed by atoms with Crippen molar-refractivity contribution < 1.29 is 29.1 Å². The van der Waals surface area contributed by atoms with Gasteiger partial charge in [-0.1, -0.05) is 0 Å². The number of ether oxygens (including phenoxy) is 2. The topological polar surface area (TPSA) is 187 Å². The minimum absolute atomic E-state index is 0.143. The SMILES string of the molecule is CB(O)n1nc(C2CN(C(=O)OC(C)(C)C)C2)cc1N.CB(O)n1nc(C2CN(C(=O)OC(C)(C)C)C2)cc1N. The van der Waals surface area contributed by atoms with E-state index in [0.29, 0.717) is 37.8 Å². The van der Waals surface area contributed by atoms with Gasteiger partial charge in [-0.3, -0.25) is 9.19 Å². The highest BCUT2D eigenvalue weighted by molar-refractivity contribution is 6.47. The van der Waals surface area contributed by atoms with E-state index in [-0.39, 0.29) is 24.0 Å². The Morgan fingerprint density at radius 2 is 1.07 bits per heavy atom. The van der Waals surface area contributed by atoms with E-state index < -0.39 is 25.3 Å². The van der Waals surface area contributed by atoms with Gasteiger partial charge in [0.2, 0.25) is 0 Å². The zero-order valence-electron chi connectivity index (χ0n) is 24.7. The molecule has 2 aromatic heterocycles. The van der Waals surface area contributed by atoms with E-state index in [9.17, 15) is 19.6 Å². The molecule has 2 fully saturated rings. The second-order valence-electron chi connectivity index (χ2n) is 12.3. The molecular weight excluding hydrogens is 518 g/mol. The third kappa shape index (κ3) is 7.84. The van der Waals surface area contributed by atoms with Crippen LogP contribution in [0.2, 0.25) is 13.6 Å². The van der Waals surface area contributed by atoms with Gasteiger partial charge >= 0.3 is 26.3 Å². The van der Waals surface area contributed by atoms with Crippen molar-refractivity contribution in [2.24, 2.45) is 0 Å². The highest BCUT2D eigenvalue weighted by Crippen LogP contribution is 2.30. The normalized spacial score (nSPS) is 15.9. The number of rotatable bonds is 4. The van der Waals surface area contributed by atoms with Crippen LogP contribution in [-0.2, 0) is 9.47 Å². The quantitative estimate of drug-likeness (QED) is 0.400. The summed E-state index contributed by atoms with van der Waals surface area (Å²) < 4.78 is 13.3. The van der Waals surface area contributed by atoms with Crippen molar-refractivity contribution in [3.05, 3.63) is 23.5 Å². The molecule has 2 saturated heterocycles. The maximum atomic E-state index is 11.8. The molecule has 4 rings (SSSR count). The summed E-state index contributed by atoms with van der Waals surface area (Å²) in [5.41, 5.74) is 12.2. The van der Waals surface area contributed by atoms with Crippen molar-refractivity contribution in [1.82, 2.24) is 29.2 Å². The number of nitrogens with two attached hydrogens (primary N) is 2. The molecule has 16 heteroatoms. The van der Waals surface area contributed by atoms with Gasteiger partial charge in [-0.05, 0) is 55.2 Å². The predicted molar refractivity (Wildman–Crippen MR) is 153 cm³/mol. The molecule has 40 heavy (non-hydrogen) atoms. The second kappa shape index (κ2) is 11.6. The first-order chi connectivity index (χ1) is 18.3. The van der Waals surface area contributed by atoms with Gasteiger partial charge in [-0.15, -0.1) is 0 Å². The molecule has 2 aliphatic rings. The summed E-state index contributed by atoms with van der Waals surface area (Å²) in [6.07, 6.45) is -0.617. The second-order valence-corrected chi connectivity index (χ2v) is 12.3. The van der Waals surface area contributed by atoms with Gasteiger partial charge in [0.1, 0.15) is 22.8 Å². The molecule has 0 spiro atoms. The lowest BCUT2D eigenvalue weighted by atomic mass is 9.89. The third-order valence-electron chi connectivity index (χ3n) is 6.18. The Morgan fingerprint density at radius 3 is 1.30 bits per heavy atom. The number of aromatic nitrogens is 4. The van der Waals surface area contributed by atoms with Crippen LogP contribution >= 0.6 is 0 Å². The molecule has 0 bridgehead atoms. The summed E-state index contributed by atoms with van der Waals surface area (Å²) in [5, 5.41) is 27.5. The monoisotopic (exact) mass is 560 g/mol. The number of anilines is 2. The lowest BCUT2D eigenvalue weighted by molar-refractivity contribution is 0.00693. The van der Waals surface area contributed by atoms with Crippen molar-refractivity contribution in [1.29, 1.82) is 0 Å². The minimum atomic E-state index is -0.759. The fourth-order valence-corrected chi connectivity index (χ4v) is 4.14. The number of hydrogen-bond acceptors (Lipinski definition) is 10. The van der Waals surface area contributed by atoms with E-state index in [1.54, 1.807) is 35.6 Å². The van der Waals surface area contributed by atoms with E-state index in [4.69, 9.17) is 20.9 Å². The number of amides is 2. The fraction of sp³-hybridized carbons (Fsp3) is 0.667. The van der Waals surface area contributed by atoms with E-state index in [0.717, 1.165) is 11.4 Å². The molecule has 220 valence electrons. The number of nitrogen functional groups attached to an aromatic ring is 2. The van der Waals surface area contributed by atoms with Crippen molar-refractivity contribution >= 4 is 37.9 Å². The summed E-state index contributed by atoms with van der Waals surface area (Å²) in [6, 6.07) is 3.48. The number of hydrogen-bond donors (Lipinski definition) is 4. The summed E-state index contributed by atoms with van der Waals surface area (Å²) >= 11 is 0. The Hall–Kier alpha value is -3.39. The van der Waals surface area contributed by atoms with Gasteiger partial charge in [0.15, 0.2) is 0 Å². The van der Waals surface area contributed by atoms with Gasteiger partial charge < -0.3 is 40.8 Å². The third-order valence-corrected chi connectivity index (χ3v) is 6.18. The molecule has 14 nitrogen and oxygen atoms in total. The molecule has 0 saturated carbocycles. The average Bonchev–Trinajstić information content (AvgIpc) is 3.26. The minimum Gasteiger partial charge on any atom is -0.444 e. The summed E-state index contributed by atoms with van der Waals surface area (Å²) in [4.78, 5) is 26.9. The van der Waals surface area contributed by atoms with Crippen LogP contribution in [0.5, 0.6) is 0 Å². The van der Waals surface area contributed by atoms with Crippen LogP contribution in [0.4, 0.5) is 21.2 Å². The highest BCUT2D eigenvalue weighted by Gasteiger charge is 2.37. The zero-order chi connectivity index (χ0) is 30.2. The molecule has 0 radical (unpaired) electrons. The molecule has 0 aliphatic carbocycles. The molecule has 2 amide bonds. The van der Waals surface area contributed by atoms with Crippen molar-refractivity contribution in [2.45, 2.75) is 78.2 Å². The maximum absolute atomic E-state index is 11.8. The number of likely N-dealkylation sites (tertiary alicyclic amines) is 2. The van der Waals surface area contributed by atoms with Crippen molar-refractivity contribution in [3.63, 3.8) is 0 Å². The lowest BCUT2D eigenvalue weighted by Crippen LogP contribution is -2.50. The fourth-order valence-electron chi connectivity index (χ4n) is 4.14. The van der Waals surface area contributed by atoms with E-state index >= 15 is 0 Å². The largest absolute Gasteiger partial charge is 0.444 e. The maximum Gasteiger partial charge on any atom is 0.433 e. The molecular formula is C24H42B2N8O6. The van der Waals surface area contributed by atoms with Crippen molar-refractivity contribution in [2.75, 3.05) is 37.6 Å². The Bertz CT molecular complexity index is 1100. The Balaban J connectivity index is 0.000000220. The van der Waals surface area contributed by atoms with Crippen LogP contribution in [0.15, 0.2) is 12.1 Å². The smallest absolute Gasteiger partial charge is 0.433 e. The molecule has 6 N–H and O–H groups in total. The van der Waals surface area contributed by atoms with Gasteiger partial charge in [0.05, 0.1) is 11.4 Å². The number of nitrogens with zero attached hydrogens (tertiary/aromatic N) is 6. The Kier molecular flexibility index (Phi) is 9.04. The van der Waals surface area contributed by atoms with Crippen LogP contribution < -0.4 is 11.5 Å². The van der Waals surface area contributed by atoms with E-state index in [2.05, 4.69) is 10.2 Å². The first-order valence-corrected chi connectivity index (χ1v) is 13.4. The number of carbonyl (C=O) groups is 2. The average molecular weight is 560 g/mol. The van der Waals surface area contributed by atoms with Crippen LogP contribution in [0.25, 0.3) is 0 Å². The van der Waals surface area contributed by atoms with Crippen LogP contribution in [0.3, 0.4) is 0 Å². The molecule has 2 aromatic rings. The van der Waals surface area contributed by atoms with Gasteiger partial charge in [-0.2, -0.15) is 10.2 Å². The molecule has 0 aromatic carbocycles. The van der Waals surface area contributed by atoms with E-state index in [1.165, 1.54) is 9.19 Å². The first kappa shape index (κ1) is 31.1. The van der Waals surface area contributed by atoms with E-state index in [1.807, 2.05) is 41.5 Å². The van der Waals surface area contributed by atoms with Gasteiger partial charge in [0, 0.05) is 50.1 Å². The molecule has 2 aliphatic heterocycles. The molecule has 0 unspecified atom stereocenters. The van der Waals surface area contributed by atoms with Crippen molar-refractivity contribution in [3.8, 4) is 0 Å². The van der Waals surface area contributed by atoms with Crippen LogP contribution in [0.1, 0.15) is 64.8 Å². The standard InChI is InChI=1S/2C12H21BN4O3/c2*1-12(2,3)20-11(18)16-6-8(7-16)9-5-10(14)17(15-9)13(4)19/h2*5,8,19H,6-7,14H2,1-4H3. The summed E-state index contributed by atoms with van der Waals surface area (Å²) in [5.74, 6) is 1.13. The van der Waals surface area contributed by atoms with Gasteiger partial charge in [-0.25, -0.2) is 9.59 Å². The lowest BCUT2D eigenvalue weighted by Gasteiger charge is -2.38. The number of carbonyl (C=O) groups excluding carboxylic acids is 2. The van der Waals surface area contributed by atoms with Crippen LogP contribution in [0, 0.1) is 0 Å². The Morgan fingerprint density at radius 1 is 0.775 bits per heavy atom. The highest BCUT2D eigenvalue weighted by atomic mass is 16.6.